The minimum Gasteiger partial charge on any atom is -0.462 e. The molecule has 3 N–H and O–H groups in total. The number of rotatable bonds is 6. The summed E-state index contributed by atoms with van der Waals surface area (Å²) in [4.78, 5) is 39.9. The Balaban J connectivity index is 1.49. The second-order valence-electron chi connectivity index (χ2n) is 7.23. The van der Waals surface area contributed by atoms with Gasteiger partial charge in [0, 0.05) is 49.8 Å². The van der Waals surface area contributed by atoms with E-state index < -0.39 is 5.97 Å². The van der Waals surface area contributed by atoms with Crippen LogP contribution in [0.5, 0.6) is 0 Å². The third-order valence-electron chi connectivity index (χ3n) is 5.04. The van der Waals surface area contributed by atoms with E-state index in [1.54, 1.807) is 31.2 Å². The van der Waals surface area contributed by atoms with Crippen LogP contribution in [-0.2, 0) is 4.74 Å². The van der Waals surface area contributed by atoms with Gasteiger partial charge in [-0.25, -0.2) is 14.4 Å². The first-order valence-corrected chi connectivity index (χ1v) is 10.7. The lowest BCUT2D eigenvalue weighted by atomic mass is 10.2. The number of ether oxygens (including phenoxy) is 1. The smallest absolute Gasteiger partial charge is 0.338 e. The molecule has 1 aliphatic rings. The lowest BCUT2D eigenvalue weighted by Crippen LogP contribution is -2.51. The molecule has 0 saturated carbocycles. The van der Waals surface area contributed by atoms with E-state index in [9.17, 15) is 14.4 Å². The van der Waals surface area contributed by atoms with Crippen LogP contribution in [-0.4, -0.2) is 62.3 Å². The first-order valence-electron chi connectivity index (χ1n) is 10.7. The average molecular weight is 440 g/mol. The molecule has 1 fully saturated rings. The maximum absolute atomic E-state index is 12.3. The zero-order valence-electron chi connectivity index (χ0n) is 18.4. The molecular weight excluding hydrogens is 410 g/mol. The van der Waals surface area contributed by atoms with E-state index >= 15 is 0 Å². The normalized spacial score (nSPS) is 13.3. The Morgan fingerprint density at radius 3 is 1.94 bits per heavy atom. The molecule has 0 aliphatic carbocycles. The van der Waals surface area contributed by atoms with Crippen molar-refractivity contribution >= 4 is 35.1 Å². The lowest BCUT2D eigenvalue weighted by molar-refractivity contribution is 0.0526. The summed E-state index contributed by atoms with van der Waals surface area (Å²) in [5.74, 6) is -0.394. The van der Waals surface area contributed by atoms with Gasteiger partial charge in [-0.3, -0.25) is 0 Å². The van der Waals surface area contributed by atoms with Gasteiger partial charge in [-0.05, 0) is 62.4 Å². The van der Waals surface area contributed by atoms with Crippen LogP contribution >= 0.6 is 0 Å². The van der Waals surface area contributed by atoms with Crippen molar-refractivity contribution in [2.75, 3.05) is 54.9 Å². The first kappa shape index (κ1) is 22.9. The third kappa shape index (κ3) is 6.13. The molecule has 0 aromatic heterocycles. The van der Waals surface area contributed by atoms with E-state index in [1.165, 1.54) is 0 Å². The predicted molar refractivity (Wildman–Crippen MR) is 124 cm³/mol. The molecule has 3 rings (SSSR count). The number of hydrogen-bond donors (Lipinski definition) is 3. The van der Waals surface area contributed by atoms with Crippen molar-refractivity contribution in [3.63, 3.8) is 0 Å². The van der Waals surface area contributed by atoms with Crippen molar-refractivity contribution in [1.82, 2.24) is 10.2 Å². The quantitative estimate of drug-likeness (QED) is 0.599. The molecule has 9 heteroatoms. The fourth-order valence-electron chi connectivity index (χ4n) is 3.38. The van der Waals surface area contributed by atoms with Crippen LogP contribution in [0.4, 0.5) is 26.7 Å². The summed E-state index contributed by atoms with van der Waals surface area (Å²) in [6.07, 6.45) is 0. The number of piperazine rings is 1. The van der Waals surface area contributed by atoms with Crippen LogP contribution in [0.25, 0.3) is 0 Å². The zero-order chi connectivity index (χ0) is 22.9. The van der Waals surface area contributed by atoms with Gasteiger partial charge in [0.1, 0.15) is 0 Å². The van der Waals surface area contributed by atoms with Gasteiger partial charge in [-0.2, -0.15) is 0 Å². The number of anilines is 3. The lowest BCUT2D eigenvalue weighted by Gasteiger charge is -2.36. The average Bonchev–Trinajstić information content (AvgIpc) is 2.80. The van der Waals surface area contributed by atoms with Crippen LogP contribution in [0, 0.1) is 0 Å². The largest absolute Gasteiger partial charge is 0.462 e. The summed E-state index contributed by atoms with van der Waals surface area (Å²) in [5, 5.41) is 8.36. The highest BCUT2D eigenvalue weighted by Crippen LogP contribution is 2.20. The molecule has 2 aromatic carbocycles. The summed E-state index contributed by atoms with van der Waals surface area (Å²) in [6, 6.07) is 13.7. The fraction of sp³-hybridized carbons (Fsp3) is 0.348. The van der Waals surface area contributed by atoms with Gasteiger partial charge in [-0.15, -0.1) is 0 Å². The van der Waals surface area contributed by atoms with Crippen molar-refractivity contribution in [2.24, 2.45) is 0 Å². The first-order chi connectivity index (χ1) is 15.5. The van der Waals surface area contributed by atoms with E-state index in [0.29, 0.717) is 43.2 Å². The molecule has 0 radical (unpaired) electrons. The number of carbonyl (C=O) groups is 3. The Kier molecular flexibility index (Phi) is 7.91. The summed E-state index contributed by atoms with van der Waals surface area (Å²) in [5.41, 5.74) is 2.70. The van der Waals surface area contributed by atoms with E-state index in [4.69, 9.17) is 4.74 Å². The van der Waals surface area contributed by atoms with Crippen molar-refractivity contribution in [1.29, 1.82) is 0 Å². The van der Waals surface area contributed by atoms with E-state index in [0.717, 1.165) is 18.8 Å². The Labute approximate surface area is 187 Å². The molecule has 2 aromatic rings. The van der Waals surface area contributed by atoms with Gasteiger partial charge in [0.05, 0.1) is 12.2 Å². The fourth-order valence-corrected chi connectivity index (χ4v) is 3.38. The highest BCUT2D eigenvalue weighted by atomic mass is 16.5. The van der Waals surface area contributed by atoms with Crippen LogP contribution < -0.4 is 20.9 Å². The van der Waals surface area contributed by atoms with E-state index in [-0.39, 0.29) is 12.1 Å². The van der Waals surface area contributed by atoms with E-state index in [2.05, 4.69) is 20.9 Å². The molecule has 1 heterocycles. The predicted octanol–water partition coefficient (Wildman–Crippen LogP) is 3.36. The molecule has 1 saturated heterocycles. The molecule has 170 valence electrons. The van der Waals surface area contributed by atoms with Gasteiger partial charge in [-0.1, -0.05) is 0 Å². The topological polar surface area (TPSA) is 103 Å². The SMILES string of the molecule is CCNC(=O)N1CCN(c2ccc(NC(=O)Nc3ccc(C(=O)OCC)cc3)cc2)CC1. The summed E-state index contributed by atoms with van der Waals surface area (Å²) < 4.78 is 4.94. The number of esters is 1. The zero-order valence-corrected chi connectivity index (χ0v) is 18.4. The maximum Gasteiger partial charge on any atom is 0.338 e. The Morgan fingerprint density at radius 2 is 1.41 bits per heavy atom. The van der Waals surface area contributed by atoms with E-state index in [1.807, 2.05) is 36.1 Å². The second-order valence-corrected chi connectivity index (χ2v) is 7.23. The molecule has 1 aliphatic heterocycles. The van der Waals surface area contributed by atoms with Crippen LogP contribution in [0.3, 0.4) is 0 Å². The van der Waals surface area contributed by atoms with Crippen LogP contribution in [0.15, 0.2) is 48.5 Å². The third-order valence-corrected chi connectivity index (χ3v) is 5.04. The summed E-state index contributed by atoms with van der Waals surface area (Å²) in [6.45, 7) is 7.45. The number of nitrogens with zero attached hydrogens (tertiary/aromatic N) is 2. The van der Waals surface area contributed by atoms with Gasteiger partial charge in [0.25, 0.3) is 0 Å². The van der Waals surface area contributed by atoms with Gasteiger partial charge in [0.15, 0.2) is 0 Å². The molecule has 0 atom stereocenters. The molecule has 4 amide bonds. The highest BCUT2D eigenvalue weighted by Gasteiger charge is 2.20. The van der Waals surface area contributed by atoms with Gasteiger partial charge >= 0.3 is 18.0 Å². The molecule has 9 nitrogen and oxygen atoms in total. The van der Waals surface area contributed by atoms with Crippen molar-refractivity contribution in [2.45, 2.75) is 13.8 Å². The van der Waals surface area contributed by atoms with Gasteiger partial charge in [0.2, 0.25) is 0 Å². The monoisotopic (exact) mass is 439 g/mol. The molecule has 0 unspecified atom stereocenters. The summed E-state index contributed by atoms with van der Waals surface area (Å²) >= 11 is 0. The molecular formula is C23H29N5O4. The number of carbonyl (C=O) groups excluding carboxylic acids is 3. The Morgan fingerprint density at radius 1 is 0.844 bits per heavy atom. The maximum atomic E-state index is 12.3. The number of benzene rings is 2. The van der Waals surface area contributed by atoms with Crippen LogP contribution in [0.1, 0.15) is 24.2 Å². The number of urea groups is 2. The Bertz CT molecular complexity index is 922. The van der Waals surface area contributed by atoms with Crippen molar-refractivity contribution in [3.8, 4) is 0 Å². The van der Waals surface area contributed by atoms with Crippen LogP contribution in [0.2, 0.25) is 0 Å². The summed E-state index contributed by atoms with van der Waals surface area (Å²) in [7, 11) is 0. The van der Waals surface area contributed by atoms with Crippen molar-refractivity contribution in [3.05, 3.63) is 54.1 Å². The molecule has 32 heavy (non-hydrogen) atoms. The number of hydrogen-bond acceptors (Lipinski definition) is 5. The number of nitrogens with one attached hydrogen (secondary N) is 3. The Hall–Kier alpha value is -3.75. The minimum absolute atomic E-state index is 0.0201. The minimum atomic E-state index is -0.394. The number of amides is 4. The second kappa shape index (κ2) is 11.0. The standard InChI is InChI=1S/C23H29N5O4/c1-3-24-23(31)28-15-13-27(14-16-28)20-11-9-19(10-12-20)26-22(30)25-18-7-5-17(6-8-18)21(29)32-4-2/h5-12H,3-4,13-16H2,1-2H3,(H,24,31)(H2,25,26,30). The molecule has 0 spiro atoms. The van der Waals surface area contributed by atoms with Crippen molar-refractivity contribution < 1.29 is 19.1 Å². The molecule has 0 bridgehead atoms. The van der Waals surface area contributed by atoms with Gasteiger partial charge < -0.3 is 30.5 Å². The highest BCUT2D eigenvalue weighted by molar-refractivity contribution is 6.00.